The third-order valence-corrected chi connectivity index (χ3v) is 4.42. The van der Waals surface area contributed by atoms with Gasteiger partial charge in [0.2, 0.25) is 0 Å². The van der Waals surface area contributed by atoms with Gasteiger partial charge in [-0.1, -0.05) is 60.7 Å². The molecule has 4 heteroatoms. The molecule has 1 aliphatic heterocycles. The number of hydrogen-bond acceptors (Lipinski definition) is 4. The first-order chi connectivity index (χ1) is 13.3. The molecule has 4 nitrogen and oxygen atoms in total. The van der Waals surface area contributed by atoms with Gasteiger partial charge >= 0.3 is 5.97 Å². The highest BCUT2D eigenvalue weighted by molar-refractivity contribution is 5.76. The molecule has 0 saturated heterocycles. The molecule has 3 aromatic rings. The monoisotopic (exact) mass is 360 g/mol. The van der Waals surface area contributed by atoms with Gasteiger partial charge in [0.15, 0.2) is 11.5 Å². The minimum Gasteiger partial charge on any atom is -0.485 e. The summed E-state index contributed by atoms with van der Waals surface area (Å²) in [6.45, 7) is 0.858. The summed E-state index contributed by atoms with van der Waals surface area (Å²) in [5.74, 6) is 1.57. The second-order valence-electron chi connectivity index (χ2n) is 6.43. The summed E-state index contributed by atoms with van der Waals surface area (Å²) in [6.07, 6.45) is 1.03. The van der Waals surface area contributed by atoms with Crippen LogP contribution in [0.3, 0.4) is 0 Å². The molecule has 0 radical (unpaired) electrons. The van der Waals surface area contributed by atoms with Crippen molar-refractivity contribution in [2.45, 2.75) is 26.1 Å². The van der Waals surface area contributed by atoms with E-state index in [1.807, 2.05) is 66.7 Å². The SMILES string of the molecule is O=C1CCc2cc(OCc3ccccc3)c(OCc3ccccc3)cc2O1. The van der Waals surface area contributed by atoms with Gasteiger partial charge in [0, 0.05) is 6.07 Å². The third kappa shape index (κ3) is 4.29. The normalized spacial score (nSPS) is 12.8. The van der Waals surface area contributed by atoms with Gasteiger partial charge in [-0.25, -0.2) is 0 Å². The van der Waals surface area contributed by atoms with Gasteiger partial charge in [0.05, 0.1) is 6.42 Å². The molecule has 0 atom stereocenters. The third-order valence-electron chi connectivity index (χ3n) is 4.42. The van der Waals surface area contributed by atoms with Gasteiger partial charge in [-0.2, -0.15) is 0 Å². The molecule has 1 aliphatic rings. The van der Waals surface area contributed by atoms with Crippen LogP contribution in [0, 0.1) is 0 Å². The Balaban J connectivity index is 1.57. The molecule has 4 rings (SSSR count). The zero-order chi connectivity index (χ0) is 18.5. The van der Waals surface area contributed by atoms with Gasteiger partial charge in [0.25, 0.3) is 0 Å². The van der Waals surface area contributed by atoms with Crippen LogP contribution in [0.2, 0.25) is 0 Å². The number of fused-ring (bicyclic) bond motifs is 1. The van der Waals surface area contributed by atoms with Crippen molar-refractivity contribution in [2.75, 3.05) is 0 Å². The van der Waals surface area contributed by atoms with E-state index in [1.165, 1.54) is 0 Å². The van der Waals surface area contributed by atoms with Crippen molar-refractivity contribution in [2.24, 2.45) is 0 Å². The minimum atomic E-state index is -0.213. The molecule has 136 valence electrons. The Morgan fingerprint density at radius 2 is 1.30 bits per heavy atom. The Hall–Kier alpha value is -3.27. The van der Waals surface area contributed by atoms with Crippen LogP contribution in [0.1, 0.15) is 23.1 Å². The summed E-state index contributed by atoms with van der Waals surface area (Å²) in [4.78, 5) is 11.6. The average Bonchev–Trinajstić information content (AvgIpc) is 2.72. The maximum absolute atomic E-state index is 11.6. The van der Waals surface area contributed by atoms with E-state index in [4.69, 9.17) is 14.2 Å². The summed E-state index contributed by atoms with van der Waals surface area (Å²) in [5, 5.41) is 0. The molecule has 0 aromatic heterocycles. The quantitative estimate of drug-likeness (QED) is 0.472. The van der Waals surface area contributed by atoms with Gasteiger partial charge in [-0.15, -0.1) is 0 Å². The van der Waals surface area contributed by atoms with E-state index < -0.39 is 0 Å². The molecule has 0 saturated carbocycles. The molecule has 1 heterocycles. The molecule has 0 N–H and O–H groups in total. The number of aryl methyl sites for hydroxylation is 1. The summed E-state index contributed by atoms with van der Waals surface area (Å²) in [5.41, 5.74) is 3.10. The van der Waals surface area contributed by atoms with Crippen LogP contribution in [-0.4, -0.2) is 5.97 Å². The lowest BCUT2D eigenvalue weighted by atomic mass is 10.1. The average molecular weight is 360 g/mol. The highest BCUT2D eigenvalue weighted by atomic mass is 16.5. The fraction of sp³-hybridized carbons (Fsp3) is 0.174. The first kappa shape index (κ1) is 17.2. The summed E-state index contributed by atoms with van der Waals surface area (Å²) in [7, 11) is 0. The van der Waals surface area contributed by atoms with Crippen LogP contribution in [0.25, 0.3) is 0 Å². The van der Waals surface area contributed by atoms with Gasteiger partial charge < -0.3 is 14.2 Å². The first-order valence-corrected chi connectivity index (χ1v) is 8.99. The van der Waals surface area contributed by atoms with Crippen LogP contribution in [-0.2, 0) is 24.4 Å². The highest BCUT2D eigenvalue weighted by Crippen LogP contribution is 2.38. The van der Waals surface area contributed by atoms with Gasteiger partial charge in [0.1, 0.15) is 19.0 Å². The van der Waals surface area contributed by atoms with Crippen molar-refractivity contribution in [3.63, 3.8) is 0 Å². The number of ether oxygens (including phenoxy) is 3. The molecule has 0 amide bonds. The molecule has 3 aromatic carbocycles. The van der Waals surface area contributed by atoms with Crippen LogP contribution in [0.4, 0.5) is 0 Å². The predicted molar refractivity (Wildman–Crippen MR) is 102 cm³/mol. The van der Waals surface area contributed by atoms with Crippen molar-refractivity contribution in [1.82, 2.24) is 0 Å². The number of carbonyl (C=O) groups excluding carboxylic acids is 1. The molecular weight excluding hydrogens is 340 g/mol. The summed E-state index contributed by atoms with van der Waals surface area (Å²) < 4.78 is 17.4. The number of benzene rings is 3. The zero-order valence-corrected chi connectivity index (χ0v) is 14.9. The second-order valence-corrected chi connectivity index (χ2v) is 6.43. The summed E-state index contributed by atoms with van der Waals surface area (Å²) in [6, 6.07) is 23.6. The molecule has 0 aliphatic carbocycles. The Morgan fingerprint density at radius 1 is 0.741 bits per heavy atom. The Morgan fingerprint density at radius 3 is 1.89 bits per heavy atom. The molecule has 0 fully saturated rings. The molecule has 27 heavy (non-hydrogen) atoms. The van der Waals surface area contributed by atoms with E-state index in [0.29, 0.717) is 43.3 Å². The number of hydrogen-bond donors (Lipinski definition) is 0. The Bertz CT molecular complexity index is 920. The number of esters is 1. The first-order valence-electron chi connectivity index (χ1n) is 8.99. The lowest BCUT2D eigenvalue weighted by Gasteiger charge is -2.20. The van der Waals surface area contributed by atoms with E-state index in [2.05, 4.69) is 0 Å². The lowest BCUT2D eigenvalue weighted by Crippen LogP contribution is -2.16. The van der Waals surface area contributed by atoms with Crippen LogP contribution in [0.5, 0.6) is 17.2 Å². The summed E-state index contributed by atoms with van der Waals surface area (Å²) >= 11 is 0. The van der Waals surface area contributed by atoms with Crippen molar-refractivity contribution in [1.29, 1.82) is 0 Å². The van der Waals surface area contributed by atoms with Crippen molar-refractivity contribution >= 4 is 5.97 Å². The van der Waals surface area contributed by atoms with Crippen molar-refractivity contribution in [3.8, 4) is 17.2 Å². The van der Waals surface area contributed by atoms with E-state index in [0.717, 1.165) is 16.7 Å². The van der Waals surface area contributed by atoms with E-state index in [-0.39, 0.29) is 5.97 Å². The zero-order valence-electron chi connectivity index (χ0n) is 14.9. The Kier molecular flexibility index (Phi) is 5.06. The molecule has 0 bridgehead atoms. The topological polar surface area (TPSA) is 44.8 Å². The lowest BCUT2D eigenvalue weighted by molar-refractivity contribution is -0.135. The van der Waals surface area contributed by atoms with Crippen LogP contribution >= 0.6 is 0 Å². The van der Waals surface area contributed by atoms with Crippen LogP contribution < -0.4 is 14.2 Å². The highest BCUT2D eigenvalue weighted by Gasteiger charge is 2.21. The fourth-order valence-electron chi connectivity index (χ4n) is 2.98. The molecule has 0 spiro atoms. The number of rotatable bonds is 6. The van der Waals surface area contributed by atoms with Crippen LogP contribution in [0.15, 0.2) is 72.8 Å². The minimum absolute atomic E-state index is 0.213. The largest absolute Gasteiger partial charge is 0.485 e. The fourth-order valence-corrected chi connectivity index (χ4v) is 2.98. The van der Waals surface area contributed by atoms with Crippen molar-refractivity contribution < 1.29 is 19.0 Å². The molecule has 0 unspecified atom stereocenters. The van der Waals surface area contributed by atoms with E-state index in [9.17, 15) is 4.79 Å². The van der Waals surface area contributed by atoms with E-state index >= 15 is 0 Å². The standard InChI is InChI=1S/C23H20O4/c24-23-12-11-19-13-21(25-15-17-7-3-1-4-8-17)22(14-20(19)27-23)26-16-18-9-5-2-6-10-18/h1-10,13-14H,11-12,15-16H2. The smallest absolute Gasteiger partial charge is 0.311 e. The van der Waals surface area contributed by atoms with E-state index in [1.54, 1.807) is 6.07 Å². The second kappa shape index (κ2) is 7.96. The molecular formula is C23H20O4. The number of carbonyl (C=O) groups is 1. The maximum atomic E-state index is 11.6. The Labute approximate surface area is 158 Å². The van der Waals surface area contributed by atoms with Crippen molar-refractivity contribution in [3.05, 3.63) is 89.5 Å². The predicted octanol–water partition coefficient (Wildman–Crippen LogP) is 4.70. The van der Waals surface area contributed by atoms with Gasteiger partial charge in [-0.05, 0) is 29.2 Å². The maximum Gasteiger partial charge on any atom is 0.311 e. The van der Waals surface area contributed by atoms with Gasteiger partial charge in [-0.3, -0.25) is 4.79 Å².